The first kappa shape index (κ1) is 13.5. The molecule has 0 unspecified atom stereocenters. The highest BCUT2D eigenvalue weighted by molar-refractivity contribution is 5.78. The van der Waals surface area contributed by atoms with Crippen molar-refractivity contribution in [3.63, 3.8) is 0 Å². The van der Waals surface area contributed by atoms with Crippen molar-refractivity contribution >= 4 is 5.91 Å². The quantitative estimate of drug-likeness (QED) is 0.730. The molecule has 0 heterocycles. The molecule has 1 aliphatic carbocycles. The Bertz CT molecular complexity index is 210. The first-order valence-electron chi connectivity index (χ1n) is 6.65. The molecule has 0 aromatic carbocycles. The van der Waals surface area contributed by atoms with Crippen LogP contribution in [0, 0.1) is 5.92 Å². The van der Waals surface area contributed by atoms with Crippen molar-refractivity contribution in [2.24, 2.45) is 11.7 Å². The second kappa shape index (κ2) is 6.89. The van der Waals surface area contributed by atoms with Crippen molar-refractivity contribution in [1.82, 2.24) is 4.90 Å². The zero-order chi connectivity index (χ0) is 12.0. The molecule has 0 atom stereocenters. The van der Waals surface area contributed by atoms with Gasteiger partial charge in [0, 0.05) is 25.6 Å². The highest BCUT2D eigenvalue weighted by Crippen LogP contribution is 2.24. The molecule has 1 fully saturated rings. The van der Waals surface area contributed by atoms with Crippen LogP contribution in [0.1, 0.15) is 51.9 Å². The van der Waals surface area contributed by atoms with E-state index in [1.807, 2.05) is 11.9 Å². The predicted octanol–water partition coefficient (Wildman–Crippen LogP) is 2.15. The fourth-order valence-electron chi connectivity index (χ4n) is 2.39. The SMILES string of the molecule is CCCCCN(C)C(=O)C1CCC(N)CC1. The summed E-state index contributed by atoms with van der Waals surface area (Å²) in [7, 11) is 1.94. The molecular formula is C13H26N2O. The van der Waals surface area contributed by atoms with E-state index in [0.29, 0.717) is 11.9 Å². The van der Waals surface area contributed by atoms with Crippen LogP contribution in [-0.4, -0.2) is 30.4 Å². The van der Waals surface area contributed by atoms with Crippen LogP contribution in [0.25, 0.3) is 0 Å². The maximum atomic E-state index is 12.1. The molecule has 1 rings (SSSR count). The molecule has 0 spiro atoms. The summed E-state index contributed by atoms with van der Waals surface area (Å²) in [6, 6.07) is 0.328. The highest BCUT2D eigenvalue weighted by Gasteiger charge is 2.26. The molecule has 1 aliphatic rings. The summed E-state index contributed by atoms with van der Waals surface area (Å²) in [5.41, 5.74) is 5.85. The Morgan fingerprint density at radius 3 is 2.44 bits per heavy atom. The maximum Gasteiger partial charge on any atom is 0.225 e. The minimum atomic E-state index is 0.242. The summed E-state index contributed by atoms with van der Waals surface area (Å²) in [4.78, 5) is 14.0. The first-order chi connectivity index (χ1) is 7.65. The summed E-state index contributed by atoms with van der Waals surface area (Å²) < 4.78 is 0. The number of hydrogen-bond acceptors (Lipinski definition) is 2. The van der Waals surface area contributed by atoms with Crippen LogP contribution in [0.2, 0.25) is 0 Å². The molecule has 0 saturated heterocycles. The van der Waals surface area contributed by atoms with Gasteiger partial charge in [-0.2, -0.15) is 0 Å². The Kier molecular flexibility index (Phi) is 5.81. The zero-order valence-electron chi connectivity index (χ0n) is 10.7. The monoisotopic (exact) mass is 226 g/mol. The lowest BCUT2D eigenvalue weighted by atomic mass is 9.85. The van der Waals surface area contributed by atoms with Gasteiger partial charge in [-0.3, -0.25) is 4.79 Å². The van der Waals surface area contributed by atoms with Crippen LogP contribution in [0.5, 0.6) is 0 Å². The lowest BCUT2D eigenvalue weighted by Gasteiger charge is -2.29. The standard InChI is InChI=1S/C13H26N2O/c1-3-4-5-10-15(2)13(16)11-6-8-12(14)9-7-11/h11-12H,3-10,14H2,1-2H3. The number of rotatable bonds is 5. The largest absolute Gasteiger partial charge is 0.346 e. The molecule has 1 saturated carbocycles. The molecule has 1 amide bonds. The Morgan fingerprint density at radius 2 is 1.88 bits per heavy atom. The molecule has 0 aromatic heterocycles. The zero-order valence-corrected chi connectivity index (χ0v) is 10.7. The third-order valence-corrected chi connectivity index (χ3v) is 3.59. The van der Waals surface area contributed by atoms with Crippen molar-refractivity contribution in [1.29, 1.82) is 0 Å². The average Bonchev–Trinajstić information content (AvgIpc) is 2.29. The van der Waals surface area contributed by atoms with E-state index in [-0.39, 0.29) is 5.92 Å². The van der Waals surface area contributed by atoms with Gasteiger partial charge >= 0.3 is 0 Å². The van der Waals surface area contributed by atoms with E-state index in [9.17, 15) is 4.79 Å². The Labute approximate surface area is 99.4 Å². The second-order valence-electron chi connectivity index (χ2n) is 5.08. The van der Waals surface area contributed by atoms with Gasteiger partial charge in [-0.05, 0) is 32.1 Å². The number of unbranched alkanes of at least 4 members (excludes halogenated alkanes) is 2. The van der Waals surface area contributed by atoms with E-state index < -0.39 is 0 Å². The van der Waals surface area contributed by atoms with E-state index in [1.165, 1.54) is 12.8 Å². The van der Waals surface area contributed by atoms with Crippen molar-refractivity contribution in [2.75, 3.05) is 13.6 Å². The van der Waals surface area contributed by atoms with Gasteiger partial charge in [0.1, 0.15) is 0 Å². The first-order valence-corrected chi connectivity index (χ1v) is 6.65. The maximum absolute atomic E-state index is 12.1. The molecule has 16 heavy (non-hydrogen) atoms. The topological polar surface area (TPSA) is 46.3 Å². The Hall–Kier alpha value is -0.570. The minimum absolute atomic E-state index is 0.242. The minimum Gasteiger partial charge on any atom is -0.346 e. The average molecular weight is 226 g/mol. The van der Waals surface area contributed by atoms with Crippen LogP contribution in [0.15, 0.2) is 0 Å². The number of amides is 1. The smallest absolute Gasteiger partial charge is 0.225 e. The fraction of sp³-hybridized carbons (Fsp3) is 0.923. The summed E-state index contributed by atoms with van der Waals surface area (Å²) in [6.07, 6.45) is 7.55. The van der Waals surface area contributed by atoms with Gasteiger partial charge in [0.05, 0.1) is 0 Å². The van der Waals surface area contributed by atoms with Crippen LogP contribution < -0.4 is 5.73 Å². The van der Waals surface area contributed by atoms with Crippen molar-refractivity contribution in [3.05, 3.63) is 0 Å². The van der Waals surface area contributed by atoms with Gasteiger partial charge in [-0.25, -0.2) is 0 Å². The molecule has 0 bridgehead atoms. The van der Waals surface area contributed by atoms with Gasteiger partial charge in [-0.1, -0.05) is 19.8 Å². The van der Waals surface area contributed by atoms with E-state index in [0.717, 1.165) is 38.6 Å². The summed E-state index contributed by atoms with van der Waals surface area (Å²) in [5, 5.41) is 0. The highest BCUT2D eigenvalue weighted by atomic mass is 16.2. The number of carbonyl (C=O) groups is 1. The third kappa shape index (κ3) is 4.12. The fourth-order valence-corrected chi connectivity index (χ4v) is 2.39. The number of hydrogen-bond donors (Lipinski definition) is 1. The van der Waals surface area contributed by atoms with Gasteiger partial charge < -0.3 is 10.6 Å². The van der Waals surface area contributed by atoms with Gasteiger partial charge in [-0.15, -0.1) is 0 Å². The van der Waals surface area contributed by atoms with Crippen LogP contribution in [-0.2, 0) is 4.79 Å². The number of nitrogens with zero attached hydrogens (tertiary/aromatic N) is 1. The Morgan fingerprint density at radius 1 is 1.25 bits per heavy atom. The normalized spacial score (nSPS) is 25.4. The second-order valence-corrected chi connectivity index (χ2v) is 5.08. The van der Waals surface area contributed by atoms with Gasteiger partial charge in [0.2, 0.25) is 5.91 Å². The summed E-state index contributed by atoms with van der Waals surface area (Å²) in [6.45, 7) is 3.10. The summed E-state index contributed by atoms with van der Waals surface area (Å²) >= 11 is 0. The Balaban J connectivity index is 2.27. The van der Waals surface area contributed by atoms with Crippen LogP contribution in [0.3, 0.4) is 0 Å². The molecule has 0 radical (unpaired) electrons. The lowest BCUT2D eigenvalue weighted by Crippen LogP contribution is -2.37. The molecule has 0 aromatic rings. The van der Waals surface area contributed by atoms with Crippen molar-refractivity contribution < 1.29 is 4.79 Å². The van der Waals surface area contributed by atoms with Gasteiger partial charge in [0.25, 0.3) is 0 Å². The molecule has 2 N–H and O–H groups in total. The third-order valence-electron chi connectivity index (χ3n) is 3.59. The van der Waals surface area contributed by atoms with E-state index in [4.69, 9.17) is 5.73 Å². The van der Waals surface area contributed by atoms with E-state index >= 15 is 0 Å². The van der Waals surface area contributed by atoms with E-state index in [2.05, 4.69) is 6.92 Å². The number of nitrogens with two attached hydrogens (primary N) is 1. The van der Waals surface area contributed by atoms with Crippen LogP contribution in [0.4, 0.5) is 0 Å². The van der Waals surface area contributed by atoms with Crippen molar-refractivity contribution in [3.8, 4) is 0 Å². The molecule has 3 heteroatoms. The molecular weight excluding hydrogens is 200 g/mol. The lowest BCUT2D eigenvalue weighted by molar-refractivity contribution is -0.135. The van der Waals surface area contributed by atoms with Crippen molar-refractivity contribution in [2.45, 2.75) is 57.9 Å². The predicted molar refractivity (Wildman–Crippen MR) is 67.1 cm³/mol. The molecule has 3 nitrogen and oxygen atoms in total. The summed E-state index contributed by atoms with van der Waals surface area (Å²) in [5.74, 6) is 0.578. The molecule has 0 aliphatic heterocycles. The number of carbonyl (C=O) groups excluding carboxylic acids is 1. The van der Waals surface area contributed by atoms with Crippen LogP contribution >= 0.6 is 0 Å². The molecule has 94 valence electrons. The van der Waals surface area contributed by atoms with E-state index in [1.54, 1.807) is 0 Å². The van der Waals surface area contributed by atoms with Gasteiger partial charge in [0.15, 0.2) is 0 Å².